The van der Waals surface area contributed by atoms with Gasteiger partial charge in [-0.3, -0.25) is 0 Å². The van der Waals surface area contributed by atoms with Crippen LogP contribution in [0.15, 0.2) is 134 Å². The summed E-state index contributed by atoms with van der Waals surface area (Å²) in [5.74, 6) is 0.237. The highest BCUT2D eigenvalue weighted by Gasteiger charge is 2.68. The van der Waals surface area contributed by atoms with Gasteiger partial charge in [0.1, 0.15) is 6.42 Å². The Morgan fingerprint density at radius 3 is 2.38 bits per heavy atom. The van der Waals surface area contributed by atoms with Crippen molar-refractivity contribution in [3.8, 4) is 22.5 Å². The number of thiophene rings is 1. The van der Waals surface area contributed by atoms with E-state index in [0.29, 0.717) is 0 Å². The summed E-state index contributed by atoms with van der Waals surface area (Å²) in [6, 6.07) is 46.6. The molecular weight excluding hydrogens is 687 g/mol. The van der Waals surface area contributed by atoms with Crippen LogP contribution in [0.1, 0.15) is 55.5 Å². The third kappa shape index (κ3) is 3.63. The van der Waals surface area contributed by atoms with E-state index < -0.39 is 0 Å². The highest BCUT2D eigenvalue weighted by Crippen LogP contribution is 2.56. The van der Waals surface area contributed by atoms with Crippen molar-refractivity contribution in [2.45, 2.75) is 56.9 Å². The SMILES string of the molecule is C=C1[n+]2ccccc2-c2ccccc2CCC2c3cc4c(cc3-c3cc(C(C)(C)C)cc5[n+]3C12C5)c1cccc2c3ccc5sc6ccccc6c5c3n4c12. The molecule has 0 aliphatic carbocycles. The third-order valence-corrected chi connectivity index (χ3v) is 14.9. The number of hydrogen-bond acceptors (Lipinski definition) is 1. The van der Waals surface area contributed by atoms with Crippen LogP contribution in [-0.2, 0) is 23.8 Å². The second-order valence-corrected chi connectivity index (χ2v) is 18.5. The fourth-order valence-corrected chi connectivity index (χ4v) is 12.3. The first-order chi connectivity index (χ1) is 26.8. The van der Waals surface area contributed by atoms with Gasteiger partial charge in [0.2, 0.25) is 11.4 Å². The lowest BCUT2D eigenvalue weighted by atomic mass is 9.62. The molecule has 3 aliphatic rings. The first-order valence-electron chi connectivity index (χ1n) is 19.8. The molecule has 0 bridgehead atoms. The van der Waals surface area contributed by atoms with Crippen molar-refractivity contribution in [2.24, 2.45) is 0 Å². The van der Waals surface area contributed by atoms with Crippen LogP contribution in [0.5, 0.6) is 0 Å². The molecule has 0 amide bonds. The normalized spacial score (nSPS) is 18.9. The van der Waals surface area contributed by atoms with Crippen LogP contribution in [0, 0.1) is 0 Å². The Hall–Kier alpha value is -5.84. The second kappa shape index (κ2) is 10.1. The van der Waals surface area contributed by atoms with Crippen LogP contribution >= 0.6 is 11.3 Å². The molecule has 0 N–H and O–H groups in total. The number of pyridine rings is 2. The molecule has 10 aromatic rings. The Morgan fingerprint density at radius 1 is 0.709 bits per heavy atom. The van der Waals surface area contributed by atoms with E-state index in [0.717, 1.165) is 19.3 Å². The van der Waals surface area contributed by atoms with E-state index in [1.165, 1.54) is 109 Å². The first kappa shape index (κ1) is 30.5. The smallest absolute Gasteiger partial charge is 0.267 e. The lowest BCUT2D eigenvalue weighted by Gasteiger charge is -2.45. The topological polar surface area (TPSA) is 12.2 Å². The quantitative estimate of drug-likeness (QED) is 0.138. The van der Waals surface area contributed by atoms with Crippen LogP contribution in [0.2, 0.25) is 0 Å². The highest BCUT2D eigenvalue weighted by molar-refractivity contribution is 7.26. The van der Waals surface area contributed by atoms with Crippen molar-refractivity contribution < 1.29 is 9.13 Å². The van der Waals surface area contributed by atoms with Crippen molar-refractivity contribution in [3.63, 3.8) is 0 Å². The molecule has 55 heavy (non-hydrogen) atoms. The number of aryl methyl sites for hydroxylation is 1. The van der Waals surface area contributed by atoms with Gasteiger partial charge in [0.15, 0.2) is 11.9 Å². The average molecular weight is 726 g/mol. The van der Waals surface area contributed by atoms with Crippen LogP contribution in [0.3, 0.4) is 0 Å². The molecule has 3 aliphatic heterocycles. The van der Waals surface area contributed by atoms with Gasteiger partial charge in [-0.25, -0.2) is 0 Å². The molecule has 2 atom stereocenters. The summed E-state index contributed by atoms with van der Waals surface area (Å²) < 4.78 is 10.5. The molecule has 0 fully saturated rings. The lowest BCUT2D eigenvalue weighted by Crippen LogP contribution is -2.76. The van der Waals surface area contributed by atoms with Crippen LogP contribution in [0.4, 0.5) is 0 Å². The first-order valence-corrected chi connectivity index (χ1v) is 20.6. The summed E-state index contributed by atoms with van der Waals surface area (Å²) in [6.07, 6.45) is 5.27. The van der Waals surface area contributed by atoms with Gasteiger partial charge in [0, 0.05) is 71.5 Å². The summed E-state index contributed by atoms with van der Waals surface area (Å²) >= 11 is 1.91. The van der Waals surface area contributed by atoms with Crippen molar-refractivity contribution in [3.05, 3.63) is 156 Å². The number of para-hydroxylation sites is 1. The number of hydrogen-bond donors (Lipinski definition) is 0. The highest BCUT2D eigenvalue weighted by atomic mass is 32.1. The van der Waals surface area contributed by atoms with Gasteiger partial charge in [0.05, 0.1) is 28.0 Å². The standard InChI is InChI=1S/C51H39N3S/c1-29-51-28-32-24-31(50(2,3)4)25-44(54(32)51)40-26-39-35-16-11-15-34-36-20-22-46-47(37-14-7-8-18-45(37)55-46)49(36)53(48(34)35)43(39)27-38(40)41(51)21-19-30-12-5-6-13-33(30)42-17-9-10-23-52(29)42/h5-18,20,22-27,41H,1,19,21,28H2,2-4H3/q+2. The van der Waals surface area contributed by atoms with Gasteiger partial charge >= 0.3 is 0 Å². The summed E-state index contributed by atoms with van der Waals surface area (Å²) in [5.41, 5.74) is 15.8. The molecule has 0 saturated carbocycles. The maximum atomic E-state index is 5.08. The Balaban J connectivity index is 1.19. The van der Waals surface area contributed by atoms with Gasteiger partial charge in [0.25, 0.3) is 11.2 Å². The maximum Gasteiger partial charge on any atom is 0.267 e. The number of rotatable bonds is 0. The zero-order valence-electron chi connectivity index (χ0n) is 31.3. The number of nitrogens with zero attached hydrogens (tertiary/aromatic N) is 3. The van der Waals surface area contributed by atoms with Crippen molar-refractivity contribution in [1.82, 2.24) is 4.40 Å². The van der Waals surface area contributed by atoms with Crippen LogP contribution < -0.4 is 9.13 Å². The van der Waals surface area contributed by atoms with Gasteiger partial charge in [-0.05, 0) is 77.9 Å². The number of aromatic nitrogens is 3. The Morgan fingerprint density at radius 2 is 1.49 bits per heavy atom. The van der Waals surface area contributed by atoms with Crippen LogP contribution in [0.25, 0.3) is 86.5 Å². The monoisotopic (exact) mass is 725 g/mol. The van der Waals surface area contributed by atoms with Crippen molar-refractivity contribution >= 4 is 75.3 Å². The average Bonchev–Trinajstić information content (AvgIpc) is 3.85. The Labute approximate surface area is 323 Å². The predicted octanol–water partition coefficient (Wildman–Crippen LogP) is 11.9. The van der Waals surface area contributed by atoms with E-state index in [1.54, 1.807) is 0 Å². The van der Waals surface area contributed by atoms with E-state index in [2.05, 4.69) is 162 Å². The van der Waals surface area contributed by atoms with E-state index in [1.807, 2.05) is 11.3 Å². The number of benzene rings is 5. The summed E-state index contributed by atoms with van der Waals surface area (Å²) in [5, 5.41) is 8.08. The maximum absolute atomic E-state index is 5.08. The summed E-state index contributed by atoms with van der Waals surface area (Å²) in [6.45, 7) is 12.1. The Kier molecular flexibility index (Phi) is 5.58. The minimum atomic E-state index is -0.290. The van der Waals surface area contributed by atoms with Gasteiger partial charge in [-0.2, -0.15) is 9.13 Å². The summed E-state index contributed by atoms with van der Waals surface area (Å²) in [7, 11) is 0. The van der Waals surface area contributed by atoms with Crippen molar-refractivity contribution in [1.29, 1.82) is 0 Å². The fraction of sp³-hybridized carbons (Fsp3) is 0.176. The molecule has 8 heterocycles. The fourth-order valence-electron chi connectivity index (χ4n) is 11.2. The molecule has 0 saturated heterocycles. The molecule has 2 unspecified atom stereocenters. The van der Waals surface area contributed by atoms with Gasteiger partial charge in [-0.1, -0.05) is 81.4 Å². The molecule has 0 radical (unpaired) electrons. The molecule has 262 valence electrons. The zero-order chi connectivity index (χ0) is 36.5. The Bertz CT molecular complexity index is 3370. The van der Waals surface area contributed by atoms with E-state index in [9.17, 15) is 0 Å². The molecule has 4 heteroatoms. The largest absolute Gasteiger partial charge is 0.307 e. The van der Waals surface area contributed by atoms with E-state index in [4.69, 9.17) is 6.58 Å². The minimum Gasteiger partial charge on any atom is -0.307 e. The number of fused-ring (bicyclic) bond motifs is 16. The predicted molar refractivity (Wildman–Crippen MR) is 228 cm³/mol. The molecule has 13 rings (SSSR count). The molecular formula is C51H39N3S+2. The molecule has 5 aromatic carbocycles. The van der Waals surface area contributed by atoms with E-state index >= 15 is 0 Å². The third-order valence-electron chi connectivity index (χ3n) is 13.7. The second-order valence-electron chi connectivity index (χ2n) is 17.4. The summed E-state index contributed by atoms with van der Waals surface area (Å²) in [4.78, 5) is 0. The molecule has 5 aromatic heterocycles. The molecule has 1 spiro atoms. The molecule has 3 nitrogen and oxygen atoms in total. The van der Waals surface area contributed by atoms with Gasteiger partial charge in [-0.15, -0.1) is 11.3 Å². The van der Waals surface area contributed by atoms with Gasteiger partial charge < -0.3 is 4.40 Å². The van der Waals surface area contributed by atoms with Crippen LogP contribution in [-0.4, -0.2) is 4.40 Å². The van der Waals surface area contributed by atoms with Crippen molar-refractivity contribution in [2.75, 3.05) is 0 Å². The minimum absolute atomic E-state index is 0.0263. The lowest BCUT2D eigenvalue weighted by molar-refractivity contribution is -0.809. The van der Waals surface area contributed by atoms with E-state index in [-0.39, 0.29) is 16.9 Å². The zero-order valence-corrected chi connectivity index (χ0v) is 32.1. The number of allylic oxidation sites excluding steroid dienone is 1.